The summed E-state index contributed by atoms with van der Waals surface area (Å²) in [5.41, 5.74) is -0.334. The molecule has 0 aliphatic heterocycles. The fourth-order valence-corrected chi connectivity index (χ4v) is 1.16. The van der Waals surface area contributed by atoms with Crippen LogP contribution in [0.5, 0.6) is 0 Å². The molecular formula is C12H26N2O2. The number of carbonyl (C=O) groups excluding carboxylic acids is 1. The lowest BCUT2D eigenvalue weighted by Crippen LogP contribution is -2.47. The molecule has 0 saturated carbocycles. The Labute approximate surface area is 99.1 Å². The van der Waals surface area contributed by atoms with Crippen LogP contribution in [0, 0.1) is 0 Å². The highest BCUT2D eigenvalue weighted by molar-refractivity contribution is 5.78. The molecule has 0 unspecified atom stereocenters. The third-order valence-electron chi connectivity index (χ3n) is 2.03. The molecule has 0 aliphatic carbocycles. The lowest BCUT2D eigenvalue weighted by molar-refractivity contribution is -0.122. The summed E-state index contributed by atoms with van der Waals surface area (Å²) in [6.45, 7) is 13.5. The highest BCUT2D eigenvalue weighted by Crippen LogP contribution is 2.06. The summed E-state index contributed by atoms with van der Waals surface area (Å²) in [5.74, 6) is 0.00250. The molecule has 4 nitrogen and oxygen atoms in total. The van der Waals surface area contributed by atoms with Crippen LogP contribution < -0.4 is 10.6 Å². The van der Waals surface area contributed by atoms with Gasteiger partial charge in [-0.1, -0.05) is 0 Å². The molecule has 0 aromatic rings. The Morgan fingerprint density at radius 2 is 1.75 bits per heavy atom. The number of carbonyl (C=O) groups is 1. The standard InChI is InChI=1S/C12H26N2O2/c1-7-16-12(5,6)9-13-10(15)8-14-11(2,3)4/h14H,7-9H2,1-6H3,(H,13,15). The first-order chi connectivity index (χ1) is 7.16. The van der Waals surface area contributed by atoms with E-state index < -0.39 is 0 Å². The van der Waals surface area contributed by atoms with Crippen LogP contribution in [0.15, 0.2) is 0 Å². The minimum atomic E-state index is -0.299. The van der Waals surface area contributed by atoms with E-state index in [0.717, 1.165) is 0 Å². The first kappa shape index (κ1) is 15.4. The third kappa shape index (κ3) is 8.68. The van der Waals surface area contributed by atoms with Crippen molar-refractivity contribution in [3.05, 3.63) is 0 Å². The predicted molar refractivity (Wildman–Crippen MR) is 66.5 cm³/mol. The van der Waals surface area contributed by atoms with Gasteiger partial charge in [-0.25, -0.2) is 0 Å². The van der Waals surface area contributed by atoms with E-state index in [2.05, 4.69) is 10.6 Å². The van der Waals surface area contributed by atoms with E-state index >= 15 is 0 Å². The summed E-state index contributed by atoms with van der Waals surface area (Å²) >= 11 is 0. The number of hydrogen-bond donors (Lipinski definition) is 2. The smallest absolute Gasteiger partial charge is 0.234 e. The van der Waals surface area contributed by atoms with E-state index in [1.54, 1.807) is 0 Å². The second-order valence-corrected chi connectivity index (χ2v) is 5.57. The van der Waals surface area contributed by atoms with Gasteiger partial charge in [0.25, 0.3) is 0 Å². The van der Waals surface area contributed by atoms with Crippen LogP contribution in [-0.2, 0) is 9.53 Å². The van der Waals surface area contributed by atoms with Gasteiger partial charge in [-0.15, -0.1) is 0 Å². The zero-order chi connectivity index (χ0) is 12.8. The van der Waals surface area contributed by atoms with E-state index in [-0.39, 0.29) is 17.0 Å². The van der Waals surface area contributed by atoms with Gasteiger partial charge in [0.2, 0.25) is 5.91 Å². The highest BCUT2D eigenvalue weighted by Gasteiger charge is 2.19. The normalized spacial score (nSPS) is 12.6. The Morgan fingerprint density at radius 1 is 1.19 bits per heavy atom. The van der Waals surface area contributed by atoms with Crippen LogP contribution >= 0.6 is 0 Å². The summed E-state index contributed by atoms with van der Waals surface area (Å²) in [7, 11) is 0. The zero-order valence-corrected chi connectivity index (χ0v) is 11.4. The summed E-state index contributed by atoms with van der Waals surface area (Å²) in [6.07, 6.45) is 0. The summed E-state index contributed by atoms with van der Waals surface area (Å²) in [4.78, 5) is 11.5. The topological polar surface area (TPSA) is 50.4 Å². The molecule has 96 valence electrons. The Hall–Kier alpha value is -0.610. The number of nitrogens with one attached hydrogen (secondary N) is 2. The first-order valence-corrected chi connectivity index (χ1v) is 5.82. The van der Waals surface area contributed by atoms with Crippen LogP contribution in [-0.4, -0.2) is 36.7 Å². The van der Waals surface area contributed by atoms with Gasteiger partial charge >= 0.3 is 0 Å². The van der Waals surface area contributed by atoms with Gasteiger partial charge in [0.15, 0.2) is 0 Å². The molecule has 4 heteroatoms. The van der Waals surface area contributed by atoms with E-state index in [4.69, 9.17) is 4.74 Å². The molecule has 1 amide bonds. The van der Waals surface area contributed by atoms with Crippen molar-refractivity contribution in [2.45, 2.75) is 52.7 Å². The molecule has 0 spiro atoms. The second-order valence-electron chi connectivity index (χ2n) is 5.57. The van der Waals surface area contributed by atoms with Crippen LogP contribution in [0.4, 0.5) is 0 Å². The molecule has 2 N–H and O–H groups in total. The van der Waals surface area contributed by atoms with Crippen LogP contribution in [0.2, 0.25) is 0 Å². The highest BCUT2D eigenvalue weighted by atomic mass is 16.5. The van der Waals surface area contributed by atoms with Crippen molar-refractivity contribution in [3.8, 4) is 0 Å². The molecule has 0 aromatic heterocycles. The van der Waals surface area contributed by atoms with Crippen molar-refractivity contribution in [2.24, 2.45) is 0 Å². The molecular weight excluding hydrogens is 204 g/mol. The summed E-state index contributed by atoms with van der Waals surface area (Å²) < 4.78 is 5.49. The minimum absolute atomic E-state index is 0.00250. The summed E-state index contributed by atoms with van der Waals surface area (Å²) in [5, 5.41) is 5.99. The van der Waals surface area contributed by atoms with Crippen molar-refractivity contribution in [1.29, 1.82) is 0 Å². The SMILES string of the molecule is CCOC(C)(C)CNC(=O)CNC(C)(C)C. The van der Waals surface area contributed by atoms with Gasteiger partial charge < -0.3 is 15.4 Å². The fraction of sp³-hybridized carbons (Fsp3) is 0.917. The molecule has 0 heterocycles. The Balaban J connectivity index is 3.81. The van der Waals surface area contributed by atoms with Crippen LogP contribution in [0.25, 0.3) is 0 Å². The molecule has 0 fully saturated rings. The van der Waals surface area contributed by atoms with Gasteiger partial charge in [0.05, 0.1) is 12.1 Å². The number of rotatable bonds is 6. The average Bonchev–Trinajstić information content (AvgIpc) is 2.10. The molecule has 0 radical (unpaired) electrons. The van der Waals surface area contributed by atoms with Crippen molar-refractivity contribution >= 4 is 5.91 Å². The Morgan fingerprint density at radius 3 is 2.19 bits per heavy atom. The van der Waals surface area contributed by atoms with Crippen molar-refractivity contribution < 1.29 is 9.53 Å². The predicted octanol–water partition coefficient (Wildman–Crippen LogP) is 1.31. The van der Waals surface area contributed by atoms with E-state index in [1.807, 2.05) is 41.5 Å². The third-order valence-corrected chi connectivity index (χ3v) is 2.03. The first-order valence-electron chi connectivity index (χ1n) is 5.82. The van der Waals surface area contributed by atoms with E-state index in [9.17, 15) is 4.79 Å². The fourth-order valence-electron chi connectivity index (χ4n) is 1.16. The maximum absolute atomic E-state index is 11.5. The molecule has 0 atom stereocenters. The lowest BCUT2D eigenvalue weighted by atomic mass is 10.1. The molecule has 0 saturated heterocycles. The van der Waals surface area contributed by atoms with Crippen LogP contribution in [0.1, 0.15) is 41.5 Å². The van der Waals surface area contributed by atoms with Gasteiger partial charge in [-0.2, -0.15) is 0 Å². The number of amides is 1. The van der Waals surface area contributed by atoms with Crippen molar-refractivity contribution in [1.82, 2.24) is 10.6 Å². The lowest BCUT2D eigenvalue weighted by Gasteiger charge is -2.25. The Kier molecular flexibility index (Phi) is 5.97. The molecule has 16 heavy (non-hydrogen) atoms. The van der Waals surface area contributed by atoms with Crippen LogP contribution in [0.3, 0.4) is 0 Å². The molecule has 0 aliphatic rings. The second kappa shape index (κ2) is 6.21. The molecule has 0 rings (SSSR count). The summed E-state index contributed by atoms with van der Waals surface area (Å²) in [6, 6.07) is 0. The maximum atomic E-state index is 11.5. The van der Waals surface area contributed by atoms with Gasteiger partial charge in [0.1, 0.15) is 0 Å². The maximum Gasteiger partial charge on any atom is 0.234 e. The van der Waals surface area contributed by atoms with Gasteiger partial charge in [0, 0.05) is 18.7 Å². The monoisotopic (exact) mass is 230 g/mol. The van der Waals surface area contributed by atoms with Gasteiger partial charge in [-0.3, -0.25) is 4.79 Å². The molecule has 0 aromatic carbocycles. The number of ether oxygens (including phenoxy) is 1. The van der Waals surface area contributed by atoms with E-state index in [0.29, 0.717) is 19.7 Å². The minimum Gasteiger partial charge on any atom is -0.374 e. The average molecular weight is 230 g/mol. The largest absolute Gasteiger partial charge is 0.374 e. The van der Waals surface area contributed by atoms with Crippen molar-refractivity contribution in [3.63, 3.8) is 0 Å². The van der Waals surface area contributed by atoms with Crippen molar-refractivity contribution in [2.75, 3.05) is 19.7 Å². The Bertz CT molecular complexity index is 220. The van der Waals surface area contributed by atoms with E-state index in [1.165, 1.54) is 0 Å². The number of hydrogen-bond acceptors (Lipinski definition) is 3. The zero-order valence-electron chi connectivity index (χ0n) is 11.4. The van der Waals surface area contributed by atoms with Gasteiger partial charge in [-0.05, 0) is 41.5 Å². The molecule has 0 bridgehead atoms. The quantitative estimate of drug-likeness (QED) is 0.723.